The Bertz CT molecular complexity index is 4300. The summed E-state index contributed by atoms with van der Waals surface area (Å²) in [4.78, 5) is 4.94. The smallest absolute Gasteiger partial charge is 0.268 e. The molecule has 0 N–H and O–H groups in total. The molecule has 6 heteroatoms. The Morgan fingerprint density at radius 2 is 1.28 bits per heavy atom. The SMILES string of the molecule is [2H]c1c([2H])c([2H])c(-c2cccc(-c3c([2H])c([2H])c([2H])c([2H])c3[2H])c2-[n+]2[c-]n(-c3[c-]c(Oc4[c-]c5c(cc4)c4cc(-c6ccc7c(c6)C(C)(C)CC7(C)C)ccc4n5-c4cc(C(C)(C)C)ccn4)ccc3)c3ccccc32)c([2H])c1[2H].[Pt]. The maximum absolute atomic E-state index is 9.07. The van der Waals surface area contributed by atoms with Crippen molar-refractivity contribution in [2.45, 2.75) is 71.1 Å². The predicted molar refractivity (Wildman–Crippen MR) is 286 cm³/mol. The number of rotatable bonds is 8. The van der Waals surface area contributed by atoms with Crippen molar-refractivity contribution >= 4 is 32.8 Å². The third-order valence-corrected chi connectivity index (χ3v) is 13.8. The van der Waals surface area contributed by atoms with Crippen LogP contribution in [0.25, 0.3) is 83.4 Å². The quantitative estimate of drug-likeness (QED) is 0.112. The number of nitrogens with zero attached hydrogens (tertiary/aromatic N) is 4. The van der Waals surface area contributed by atoms with Gasteiger partial charge in [0.05, 0.1) is 30.4 Å². The largest absolute Gasteiger partial charge is 0.510 e. The van der Waals surface area contributed by atoms with E-state index in [2.05, 4.69) is 126 Å². The molecule has 0 amide bonds. The number of ether oxygens (including phenoxy) is 1. The summed E-state index contributed by atoms with van der Waals surface area (Å²) >= 11 is 0. The molecule has 0 unspecified atom stereocenters. The average Bonchev–Trinajstić information content (AvgIpc) is 4.20. The first-order valence-electron chi connectivity index (χ1n) is 28.5. The first kappa shape index (κ1) is 35.7. The van der Waals surface area contributed by atoms with E-state index in [4.69, 9.17) is 23.4 Å². The second kappa shape index (κ2) is 17.5. The van der Waals surface area contributed by atoms with Crippen LogP contribution < -0.4 is 9.30 Å². The van der Waals surface area contributed by atoms with E-state index in [0.29, 0.717) is 28.2 Å². The zero-order valence-corrected chi connectivity index (χ0v) is 42.6. The zero-order chi connectivity index (χ0) is 56.6. The van der Waals surface area contributed by atoms with Crippen LogP contribution in [0.5, 0.6) is 11.5 Å². The standard InChI is InChI=1S/C65H54N4O.Pt/c1-63(2,3)47-34-35-66-61(38-47)69-57-33-29-45(46-28-32-55-56(37-46)65(6,7)41-64(55,4)5)36-54(57)53-31-30-50(40-60(53)69)70-49-23-16-22-48(39-49)67-42-68(59-27-15-14-26-58(59)67)62-51(43-18-10-8-11-19-43)24-17-25-52(62)44-20-12-9-13-21-44;/h8-38H,41H2,1-7H3;/q-2;/i8D,9D,10D,11D,12D,13D,18D,19D,20D,21D;. The van der Waals surface area contributed by atoms with Crippen molar-refractivity contribution in [3.8, 4) is 62.1 Å². The van der Waals surface area contributed by atoms with E-state index in [1.807, 2.05) is 48.7 Å². The minimum absolute atomic E-state index is 0. The van der Waals surface area contributed by atoms with Gasteiger partial charge in [0.2, 0.25) is 0 Å². The van der Waals surface area contributed by atoms with Gasteiger partial charge in [-0.3, -0.25) is 4.57 Å². The summed E-state index contributed by atoms with van der Waals surface area (Å²) in [6.07, 6.45) is 6.37. The van der Waals surface area contributed by atoms with E-state index in [1.54, 1.807) is 33.4 Å². The molecule has 1 aliphatic rings. The molecule has 71 heavy (non-hydrogen) atoms. The van der Waals surface area contributed by atoms with E-state index in [1.165, 1.54) is 11.1 Å². The van der Waals surface area contributed by atoms with E-state index in [0.717, 1.165) is 50.7 Å². The molecule has 0 saturated heterocycles. The monoisotopic (exact) mass is 1110 g/mol. The van der Waals surface area contributed by atoms with Gasteiger partial charge in [0, 0.05) is 44.3 Å². The molecule has 0 saturated carbocycles. The van der Waals surface area contributed by atoms with Crippen molar-refractivity contribution in [3.63, 3.8) is 0 Å². The number of benzene rings is 8. The Morgan fingerprint density at radius 1 is 0.620 bits per heavy atom. The predicted octanol–water partition coefficient (Wildman–Crippen LogP) is 15.8. The molecule has 0 bridgehead atoms. The second-order valence-electron chi connectivity index (χ2n) is 20.5. The summed E-state index contributed by atoms with van der Waals surface area (Å²) < 4.78 is 99.7. The van der Waals surface area contributed by atoms with Crippen LogP contribution in [0.3, 0.4) is 0 Å². The van der Waals surface area contributed by atoms with Crippen molar-refractivity contribution in [3.05, 3.63) is 223 Å². The van der Waals surface area contributed by atoms with Gasteiger partial charge in [-0.25, -0.2) is 4.98 Å². The number of para-hydroxylation sites is 3. The summed E-state index contributed by atoms with van der Waals surface area (Å²) in [7, 11) is 0. The number of imidazole rings is 1. The molecule has 11 aromatic rings. The van der Waals surface area contributed by atoms with Gasteiger partial charge < -0.3 is 13.9 Å². The Labute approximate surface area is 445 Å². The fourth-order valence-electron chi connectivity index (χ4n) is 10.7. The van der Waals surface area contributed by atoms with E-state index < -0.39 is 60.4 Å². The number of pyridine rings is 1. The molecule has 1 aliphatic carbocycles. The van der Waals surface area contributed by atoms with E-state index in [-0.39, 0.29) is 65.3 Å². The van der Waals surface area contributed by atoms with E-state index in [9.17, 15) is 0 Å². The number of hydrogen-bond donors (Lipinski definition) is 0. The summed E-state index contributed by atoms with van der Waals surface area (Å²) in [5.74, 6) is 1.54. The molecule has 0 aliphatic heterocycles. The Morgan fingerprint density at radius 3 is 2.01 bits per heavy atom. The van der Waals surface area contributed by atoms with Gasteiger partial charge >= 0.3 is 0 Å². The normalized spacial score (nSPS) is 15.9. The molecule has 12 rings (SSSR count). The molecule has 0 spiro atoms. The topological polar surface area (TPSA) is 35.9 Å². The van der Waals surface area contributed by atoms with Crippen LogP contribution in [0.1, 0.15) is 85.3 Å². The van der Waals surface area contributed by atoms with Gasteiger partial charge in [-0.05, 0) is 102 Å². The number of hydrogen-bond acceptors (Lipinski definition) is 2. The van der Waals surface area contributed by atoms with Gasteiger partial charge in [0.1, 0.15) is 5.82 Å². The van der Waals surface area contributed by atoms with Crippen LogP contribution in [-0.4, -0.2) is 14.1 Å². The van der Waals surface area contributed by atoms with Crippen LogP contribution in [-0.2, 0) is 37.3 Å². The molecule has 0 atom stereocenters. The molecule has 3 aromatic heterocycles. The molecule has 3 heterocycles. The maximum atomic E-state index is 9.07. The molecule has 8 aromatic carbocycles. The molecule has 352 valence electrons. The van der Waals surface area contributed by atoms with E-state index >= 15 is 0 Å². The van der Waals surface area contributed by atoms with Crippen molar-refractivity contribution in [2.75, 3.05) is 0 Å². The van der Waals surface area contributed by atoms with Crippen LogP contribution in [0, 0.1) is 18.5 Å². The number of fused-ring (bicyclic) bond motifs is 5. The third-order valence-electron chi connectivity index (χ3n) is 13.8. The minimum Gasteiger partial charge on any atom is -0.510 e. The zero-order valence-electron chi connectivity index (χ0n) is 50.3. The van der Waals surface area contributed by atoms with Crippen LogP contribution in [0.15, 0.2) is 188 Å². The van der Waals surface area contributed by atoms with Crippen molar-refractivity contribution in [1.29, 1.82) is 0 Å². The number of aromatic nitrogens is 4. The van der Waals surface area contributed by atoms with Crippen LogP contribution in [0.4, 0.5) is 0 Å². The molecular formula is C65H54N4OPt-2. The van der Waals surface area contributed by atoms with Gasteiger partial charge in [-0.2, -0.15) is 18.2 Å². The third kappa shape index (κ3) is 8.11. The van der Waals surface area contributed by atoms with Crippen LogP contribution in [0.2, 0.25) is 0 Å². The average molecular weight is 1110 g/mol. The molecule has 5 nitrogen and oxygen atoms in total. The van der Waals surface area contributed by atoms with Crippen molar-refractivity contribution in [1.82, 2.24) is 14.1 Å². The summed E-state index contributed by atoms with van der Waals surface area (Å²) in [5.41, 5.74) is 9.77. The first-order valence-corrected chi connectivity index (χ1v) is 23.5. The van der Waals surface area contributed by atoms with Crippen molar-refractivity contribution in [2.24, 2.45) is 0 Å². The molecule has 0 radical (unpaired) electrons. The molecule has 0 fully saturated rings. The maximum Gasteiger partial charge on any atom is 0.268 e. The van der Waals surface area contributed by atoms with Gasteiger partial charge in [0.25, 0.3) is 6.33 Å². The van der Waals surface area contributed by atoms with Crippen molar-refractivity contribution < 1.29 is 44.1 Å². The van der Waals surface area contributed by atoms with Gasteiger partial charge in [0.15, 0.2) is 0 Å². The minimum atomic E-state index is -0.573. The Hall–Kier alpha value is -7.33. The summed E-state index contributed by atoms with van der Waals surface area (Å²) in [5, 5.41) is 2.02. The fraction of sp³-hybridized carbons (Fsp3) is 0.169. The molecular weight excluding hydrogens is 1050 g/mol. The first-order chi connectivity index (χ1) is 37.9. The van der Waals surface area contributed by atoms with Gasteiger partial charge in [-0.15, -0.1) is 29.7 Å². The summed E-state index contributed by atoms with van der Waals surface area (Å²) in [6, 6.07) is 41.0. The second-order valence-corrected chi connectivity index (χ2v) is 20.5. The Balaban J connectivity index is 0.00000690. The summed E-state index contributed by atoms with van der Waals surface area (Å²) in [6.45, 7) is 15.9. The fourth-order valence-corrected chi connectivity index (χ4v) is 10.7. The van der Waals surface area contributed by atoms with Crippen LogP contribution >= 0.6 is 0 Å². The Kier molecular flexibility index (Phi) is 8.81. The van der Waals surface area contributed by atoms with Gasteiger partial charge in [-0.1, -0.05) is 187 Å².